The standard InChI is InChI=1S/C26H21Cl2NO3/c27-19-12-9-15(14-20(19)28)13-16-10-11-18-24(17-5-1-2-6-21(17)29-25(16)18)26(31)32-23-8-4-3-7-22(23)30/h1-2,5-6,9,12-14,23H,3-4,7-8,10-11H2. The van der Waals surface area contributed by atoms with Crippen LogP contribution in [0.4, 0.5) is 0 Å². The van der Waals surface area contributed by atoms with Crippen molar-refractivity contribution >= 4 is 57.5 Å². The third kappa shape index (κ3) is 3.94. The fraction of sp³-hybridized carbons (Fsp3) is 0.269. The maximum Gasteiger partial charge on any atom is 0.339 e. The quantitative estimate of drug-likeness (QED) is 0.403. The van der Waals surface area contributed by atoms with Gasteiger partial charge in [-0.3, -0.25) is 4.79 Å². The van der Waals surface area contributed by atoms with Crippen molar-refractivity contribution in [3.05, 3.63) is 74.9 Å². The predicted molar refractivity (Wildman–Crippen MR) is 127 cm³/mol. The second kappa shape index (κ2) is 8.68. The molecule has 1 fully saturated rings. The molecule has 1 saturated carbocycles. The first kappa shape index (κ1) is 21.2. The van der Waals surface area contributed by atoms with E-state index in [0.29, 0.717) is 34.9 Å². The van der Waals surface area contributed by atoms with Crippen LogP contribution in [0, 0.1) is 0 Å². The van der Waals surface area contributed by atoms with Gasteiger partial charge in [-0.25, -0.2) is 9.78 Å². The Morgan fingerprint density at radius 1 is 1.03 bits per heavy atom. The first-order valence-electron chi connectivity index (χ1n) is 10.8. The van der Waals surface area contributed by atoms with Gasteiger partial charge in [-0.15, -0.1) is 0 Å². The number of carbonyl (C=O) groups is 2. The summed E-state index contributed by atoms with van der Waals surface area (Å²) >= 11 is 12.2. The molecule has 2 aromatic carbocycles. The van der Waals surface area contributed by atoms with Crippen LogP contribution in [0.15, 0.2) is 42.5 Å². The summed E-state index contributed by atoms with van der Waals surface area (Å²) in [5.74, 6) is -0.421. The molecule has 162 valence electrons. The molecule has 5 rings (SSSR count). The number of para-hydroxylation sites is 1. The lowest BCUT2D eigenvalue weighted by molar-refractivity contribution is -0.129. The monoisotopic (exact) mass is 465 g/mol. The average molecular weight is 466 g/mol. The topological polar surface area (TPSA) is 56.3 Å². The number of halogens is 2. The van der Waals surface area contributed by atoms with Crippen LogP contribution in [-0.2, 0) is 16.0 Å². The molecule has 0 spiro atoms. The van der Waals surface area contributed by atoms with Crippen molar-refractivity contribution in [2.24, 2.45) is 0 Å². The highest BCUT2D eigenvalue weighted by Gasteiger charge is 2.31. The zero-order valence-electron chi connectivity index (χ0n) is 17.4. The van der Waals surface area contributed by atoms with Crippen molar-refractivity contribution in [3.8, 4) is 0 Å². The number of Topliss-reactive ketones (excluding diaryl/α,β-unsaturated/α-hetero) is 1. The lowest BCUT2D eigenvalue weighted by Crippen LogP contribution is -2.30. The summed E-state index contributed by atoms with van der Waals surface area (Å²) < 4.78 is 5.74. The Balaban J connectivity index is 1.58. The van der Waals surface area contributed by atoms with Crippen molar-refractivity contribution in [3.63, 3.8) is 0 Å². The third-order valence-corrected chi connectivity index (χ3v) is 6.92. The molecule has 4 nitrogen and oxygen atoms in total. The van der Waals surface area contributed by atoms with Gasteiger partial charge in [-0.05, 0) is 73.1 Å². The summed E-state index contributed by atoms with van der Waals surface area (Å²) in [6.07, 6.45) is 5.66. The second-order valence-corrected chi connectivity index (χ2v) is 9.09. The van der Waals surface area contributed by atoms with Crippen LogP contribution in [0.25, 0.3) is 22.6 Å². The third-order valence-electron chi connectivity index (χ3n) is 6.18. The number of rotatable bonds is 3. The number of hydrogen-bond acceptors (Lipinski definition) is 4. The molecule has 32 heavy (non-hydrogen) atoms. The Labute approximate surface area is 196 Å². The summed E-state index contributed by atoms with van der Waals surface area (Å²) in [7, 11) is 0. The normalized spacial score (nSPS) is 19.4. The van der Waals surface area contributed by atoms with Crippen molar-refractivity contribution in [2.75, 3.05) is 0 Å². The van der Waals surface area contributed by atoms with Gasteiger partial charge in [0, 0.05) is 11.8 Å². The average Bonchev–Trinajstić information content (AvgIpc) is 3.18. The van der Waals surface area contributed by atoms with Gasteiger partial charge in [0.1, 0.15) is 0 Å². The molecule has 0 N–H and O–H groups in total. The van der Waals surface area contributed by atoms with Crippen LogP contribution >= 0.6 is 23.2 Å². The Kier molecular flexibility index (Phi) is 5.75. The number of hydrogen-bond donors (Lipinski definition) is 0. The SMILES string of the molecule is O=C(OC1CCCCC1=O)c1c2c(nc3ccccc13)C(=Cc1ccc(Cl)c(Cl)c1)CC2. The second-order valence-electron chi connectivity index (χ2n) is 8.28. The van der Waals surface area contributed by atoms with E-state index in [1.807, 2.05) is 42.5 Å². The van der Waals surface area contributed by atoms with Crippen molar-refractivity contribution < 1.29 is 14.3 Å². The molecular weight excluding hydrogens is 445 g/mol. The minimum atomic E-state index is -0.647. The summed E-state index contributed by atoms with van der Waals surface area (Å²) in [5, 5.41) is 1.76. The zero-order chi connectivity index (χ0) is 22.2. The van der Waals surface area contributed by atoms with Gasteiger partial charge in [0.2, 0.25) is 0 Å². The molecule has 3 aromatic rings. The lowest BCUT2D eigenvalue weighted by atomic mass is 9.96. The highest BCUT2D eigenvalue weighted by atomic mass is 35.5. The molecule has 0 saturated heterocycles. The van der Waals surface area contributed by atoms with Crippen LogP contribution in [0.5, 0.6) is 0 Å². The smallest absolute Gasteiger partial charge is 0.339 e. The van der Waals surface area contributed by atoms with E-state index in [1.165, 1.54) is 0 Å². The van der Waals surface area contributed by atoms with E-state index in [4.69, 9.17) is 32.9 Å². The summed E-state index contributed by atoms with van der Waals surface area (Å²) in [4.78, 5) is 30.4. The molecule has 1 heterocycles. The van der Waals surface area contributed by atoms with E-state index in [-0.39, 0.29) is 5.78 Å². The number of ketones is 1. The summed E-state index contributed by atoms with van der Waals surface area (Å²) in [6.45, 7) is 0. The summed E-state index contributed by atoms with van der Waals surface area (Å²) in [5.41, 5.74) is 4.90. The number of benzene rings is 2. The number of fused-ring (bicyclic) bond motifs is 2. The van der Waals surface area contributed by atoms with Gasteiger partial charge in [0.05, 0.1) is 26.8 Å². The number of allylic oxidation sites excluding steroid dienone is 1. The van der Waals surface area contributed by atoms with E-state index >= 15 is 0 Å². The molecule has 0 bridgehead atoms. The van der Waals surface area contributed by atoms with E-state index in [9.17, 15) is 9.59 Å². The number of esters is 1. The van der Waals surface area contributed by atoms with Crippen LogP contribution < -0.4 is 0 Å². The highest BCUT2D eigenvalue weighted by molar-refractivity contribution is 6.42. The predicted octanol–water partition coefficient (Wildman–Crippen LogP) is 6.70. The van der Waals surface area contributed by atoms with E-state index in [2.05, 4.69) is 0 Å². The molecule has 2 aliphatic carbocycles. The minimum absolute atomic E-state index is 0.0137. The van der Waals surface area contributed by atoms with Crippen molar-refractivity contribution in [2.45, 2.75) is 44.6 Å². The van der Waals surface area contributed by atoms with Crippen LogP contribution in [-0.4, -0.2) is 22.8 Å². The minimum Gasteiger partial charge on any atom is -0.451 e. The molecule has 0 radical (unpaired) electrons. The van der Waals surface area contributed by atoms with E-state index < -0.39 is 12.1 Å². The molecule has 1 atom stereocenters. The highest BCUT2D eigenvalue weighted by Crippen LogP contribution is 2.38. The van der Waals surface area contributed by atoms with Gasteiger partial charge in [0.15, 0.2) is 11.9 Å². The summed E-state index contributed by atoms with van der Waals surface area (Å²) in [6, 6.07) is 13.1. The fourth-order valence-corrected chi connectivity index (χ4v) is 4.89. The fourth-order valence-electron chi connectivity index (χ4n) is 4.58. The number of carbonyl (C=O) groups excluding carboxylic acids is 2. The van der Waals surface area contributed by atoms with Crippen molar-refractivity contribution in [1.82, 2.24) is 4.98 Å². The van der Waals surface area contributed by atoms with Crippen LogP contribution in [0.3, 0.4) is 0 Å². The molecule has 1 unspecified atom stereocenters. The first-order chi connectivity index (χ1) is 15.5. The maximum atomic E-state index is 13.3. The Hall–Kier alpha value is -2.69. The number of pyridine rings is 1. The Morgan fingerprint density at radius 2 is 1.88 bits per heavy atom. The zero-order valence-corrected chi connectivity index (χ0v) is 18.9. The molecule has 0 amide bonds. The van der Waals surface area contributed by atoms with Crippen LogP contribution in [0.2, 0.25) is 10.0 Å². The van der Waals surface area contributed by atoms with Crippen molar-refractivity contribution in [1.29, 1.82) is 0 Å². The lowest BCUT2D eigenvalue weighted by Gasteiger charge is -2.21. The van der Waals surface area contributed by atoms with Gasteiger partial charge in [-0.1, -0.05) is 47.5 Å². The Bertz CT molecular complexity index is 1280. The van der Waals surface area contributed by atoms with Gasteiger partial charge in [0.25, 0.3) is 0 Å². The number of aromatic nitrogens is 1. The molecule has 0 aliphatic heterocycles. The molecule has 6 heteroatoms. The molecule has 1 aromatic heterocycles. The van der Waals surface area contributed by atoms with Gasteiger partial charge >= 0.3 is 5.97 Å². The maximum absolute atomic E-state index is 13.3. The molecular formula is C26H21Cl2NO3. The first-order valence-corrected chi connectivity index (χ1v) is 11.6. The van der Waals surface area contributed by atoms with Gasteiger partial charge < -0.3 is 4.74 Å². The number of ether oxygens (including phenoxy) is 1. The van der Waals surface area contributed by atoms with Gasteiger partial charge in [-0.2, -0.15) is 0 Å². The number of nitrogens with zero attached hydrogens (tertiary/aromatic N) is 1. The van der Waals surface area contributed by atoms with E-state index in [0.717, 1.165) is 52.6 Å². The largest absolute Gasteiger partial charge is 0.451 e. The molecule has 2 aliphatic rings. The van der Waals surface area contributed by atoms with E-state index in [1.54, 1.807) is 6.07 Å². The Morgan fingerprint density at radius 3 is 2.69 bits per heavy atom. The van der Waals surface area contributed by atoms with Crippen LogP contribution in [0.1, 0.15) is 59.3 Å².